The fourth-order valence-electron chi connectivity index (χ4n) is 7.60. The van der Waals surface area contributed by atoms with Crippen molar-refractivity contribution in [3.63, 3.8) is 0 Å². The normalized spacial score (nSPS) is 13.8. The monoisotopic (exact) mass is 618 g/mol. The quantitative estimate of drug-likeness (QED) is 0.161. The first-order chi connectivity index (χ1) is 23.5. The maximum atomic E-state index is 3.88. The molecule has 1 aromatic heterocycles. The molecule has 0 atom stereocenters. The number of aromatic nitrogens is 1. The van der Waals surface area contributed by atoms with E-state index >= 15 is 0 Å². The zero-order valence-electron chi connectivity index (χ0n) is 27.7. The molecule has 8 rings (SSSR count). The Morgan fingerprint density at radius 3 is 1.98 bits per heavy atom. The highest BCUT2D eigenvalue weighted by Crippen LogP contribution is 2.48. The van der Waals surface area contributed by atoms with Gasteiger partial charge in [-0.15, -0.1) is 0 Å². The van der Waals surface area contributed by atoms with Crippen molar-refractivity contribution in [3.05, 3.63) is 187 Å². The molecule has 0 unspecified atom stereocenters. The van der Waals surface area contributed by atoms with E-state index in [4.69, 9.17) is 0 Å². The van der Waals surface area contributed by atoms with Crippen LogP contribution in [0, 0.1) is 0 Å². The third kappa shape index (κ3) is 4.80. The van der Waals surface area contributed by atoms with Crippen LogP contribution in [0.5, 0.6) is 0 Å². The van der Waals surface area contributed by atoms with Gasteiger partial charge in [-0.2, -0.15) is 0 Å². The highest BCUT2D eigenvalue weighted by molar-refractivity contribution is 6.10. The summed E-state index contributed by atoms with van der Waals surface area (Å²) in [5.41, 5.74) is 14.7. The fraction of sp³-hybridized carbons (Fsp3) is 0.0870. The van der Waals surface area contributed by atoms with Crippen LogP contribution in [0.1, 0.15) is 31.9 Å². The van der Waals surface area contributed by atoms with Gasteiger partial charge in [0, 0.05) is 38.9 Å². The van der Waals surface area contributed by atoms with E-state index in [9.17, 15) is 0 Å². The van der Waals surface area contributed by atoms with Crippen molar-refractivity contribution in [1.82, 2.24) is 4.57 Å². The van der Waals surface area contributed by atoms with Crippen molar-refractivity contribution in [2.24, 2.45) is 0 Å². The van der Waals surface area contributed by atoms with E-state index in [0.717, 1.165) is 22.7 Å². The van der Waals surface area contributed by atoms with Crippen LogP contribution in [-0.4, -0.2) is 4.57 Å². The molecule has 232 valence electrons. The lowest BCUT2D eigenvalue weighted by Crippen LogP contribution is -2.16. The van der Waals surface area contributed by atoms with Gasteiger partial charge in [-0.1, -0.05) is 124 Å². The van der Waals surface area contributed by atoms with Crippen LogP contribution in [-0.2, 0) is 5.41 Å². The molecule has 2 heteroatoms. The lowest BCUT2D eigenvalue weighted by atomic mass is 9.80. The van der Waals surface area contributed by atoms with Crippen molar-refractivity contribution in [2.75, 3.05) is 4.90 Å². The summed E-state index contributed by atoms with van der Waals surface area (Å²) in [6.45, 7) is 10.8. The van der Waals surface area contributed by atoms with E-state index in [1.165, 1.54) is 55.2 Å². The maximum Gasteiger partial charge on any atom is 0.0561 e. The van der Waals surface area contributed by atoms with Gasteiger partial charge in [-0.3, -0.25) is 0 Å². The summed E-state index contributed by atoms with van der Waals surface area (Å²) in [6, 6.07) is 52.8. The highest BCUT2D eigenvalue weighted by Gasteiger charge is 2.34. The number of fused-ring (bicyclic) bond motifs is 4. The molecule has 0 radical (unpaired) electrons. The molecule has 0 spiro atoms. The molecule has 0 bridgehead atoms. The third-order valence-corrected chi connectivity index (χ3v) is 9.98. The predicted molar refractivity (Wildman–Crippen MR) is 206 cm³/mol. The van der Waals surface area contributed by atoms with Gasteiger partial charge in [-0.25, -0.2) is 0 Å². The summed E-state index contributed by atoms with van der Waals surface area (Å²) >= 11 is 0. The molecule has 0 N–H and O–H groups in total. The van der Waals surface area contributed by atoms with Crippen LogP contribution in [0.25, 0.3) is 44.2 Å². The Kier molecular flexibility index (Phi) is 7.22. The maximum absolute atomic E-state index is 3.88. The molecule has 1 heterocycles. The molecule has 0 saturated carbocycles. The van der Waals surface area contributed by atoms with Crippen LogP contribution >= 0.6 is 0 Å². The summed E-state index contributed by atoms with van der Waals surface area (Å²) in [6.07, 6.45) is 6.11. The van der Waals surface area contributed by atoms with Gasteiger partial charge >= 0.3 is 0 Å². The fourth-order valence-corrected chi connectivity index (χ4v) is 7.60. The first-order valence-electron chi connectivity index (χ1n) is 16.7. The SMILES string of the molecule is C=C/C=C\C1=C(C)c2ccc(-c3ccc(N(c4ccccc4)c4ccc5c6ccccc6n(-c6ccccc6)c5c4)cc3)cc2C1(C)C. The second-order valence-electron chi connectivity index (χ2n) is 13.1. The second kappa shape index (κ2) is 11.7. The molecule has 1 aliphatic rings. The van der Waals surface area contributed by atoms with Gasteiger partial charge in [0.1, 0.15) is 0 Å². The lowest BCUT2D eigenvalue weighted by Gasteiger charge is -2.26. The second-order valence-corrected chi connectivity index (χ2v) is 13.1. The number of benzene rings is 6. The van der Waals surface area contributed by atoms with Gasteiger partial charge in [0.2, 0.25) is 0 Å². The topological polar surface area (TPSA) is 8.17 Å². The minimum atomic E-state index is -0.0696. The summed E-state index contributed by atoms with van der Waals surface area (Å²) < 4.78 is 2.38. The van der Waals surface area contributed by atoms with Crippen LogP contribution in [0.4, 0.5) is 17.1 Å². The molecule has 48 heavy (non-hydrogen) atoms. The van der Waals surface area contributed by atoms with Crippen molar-refractivity contribution < 1.29 is 0 Å². The Labute approximate surface area is 283 Å². The van der Waals surface area contributed by atoms with Gasteiger partial charge < -0.3 is 9.47 Å². The summed E-state index contributed by atoms with van der Waals surface area (Å²) in [5.74, 6) is 0. The van der Waals surface area contributed by atoms with Gasteiger partial charge in [0.15, 0.2) is 0 Å². The van der Waals surface area contributed by atoms with E-state index in [1.807, 2.05) is 12.2 Å². The first kappa shape index (κ1) is 29.5. The number of allylic oxidation sites excluding steroid dienone is 5. The van der Waals surface area contributed by atoms with Gasteiger partial charge in [0.05, 0.1) is 11.0 Å². The van der Waals surface area contributed by atoms with Crippen molar-refractivity contribution >= 4 is 44.4 Å². The Bertz CT molecular complexity index is 2370. The Morgan fingerprint density at radius 2 is 1.23 bits per heavy atom. The van der Waals surface area contributed by atoms with Gasteiger partial charge in [-0.05, 0) is 101 Å². The van der Waals surface area contributed by atoms with Gasteiger partial charge in [0.25, 0.3) is 0 Å². The van der Waals surface area contributed by atoms with E-state index in [2.05, 4.69) is 188 Å². The van der Waals surface area contributed by atoms with Crippen LogP contribution in [0.2, 0.25) is 0 Å². The first-order valence-corrected chi connectivity index (χ1v) is 16.7. The third-order valence-electron chi connectivity index (χ3n) is 9.98. The minimum Gasteiger partial charge on any atom is -0.310 e. The van der Waals surface area contributed by atoms with E-state index < -0.39 is 0 Å². The average molecular weight is 619 g/mol. The van der Waals surface area contributed by atoms with E-state index in [1.54, 1.807) is 0 Å². The predicted octanol–water partition coefficient (Wildman–Crippen LogP) is 12.7. The summed E-state index contributed by atoms with van der Waals surface area (Å²) in [5, 5.41) is 2.50. The largest absolute Gasteiger partial charge is 0.310 e. The zero-order chi connectivity index (χ0) is 32.8. The van der Waals surface area contributed by atoms with E-state index in [-0.39, 0.29) is 5.41 Å². The number of hydrogen-bond acceptors (Lipinski definition) is 1. The van der Waals surface area contributed by atoms with E-state index in [0.29, 0.717) is 0 Å². The highest BCUT2D eigenvalue weighted by atomic mass is 15.1. The average Bonchev–Trinajstić information content (AvgIpc) is 3.55. The molecular formula is C46H38N2. The van der Waals surface area contributed by atoms with Crippen molar-refractivity contribution in [3.8, 4) is 16.8 Å². The molecule has 6 aromatic carbocycles. The molecule has 0 amide bonds. The number of anilines is 3. The molecule has 7 aromatic rings. The molecule has 2 nitrogen and oxygen atoms in total. The molecular weight excluding hydrogens is 581 g/mol. The molecule has 0 aliphatic heterocycles. The molecule has 0 saturated heterocycles. The number of rotatable bonds is 7. The summed E-state index contributed by atoms with van der Waals surface area (Å²) in [7, 11) is 0. The number of para-hydroxylation sites is 3. The van der Waals surface area contributed by atoms with Crippen molar-refractivity contribution in [2.45, 2.75) is 26.2 Å². The van der Waals surface area contributed by atoms with Crippen LogP contribution in [0.3, 0.4) is 0 Å². The number of nitrogens with zero attached hydrogens (tertiary/aromatic N) is 2. The lowest BCUT2D eigenvalue weighted by molar-refractivity contribution is 0.654. The minimum absolute atomic E-state index is 0.0696. The Hall–Kier alpha value is -5.86. The van der Waals surface area contributed by atoms with Crippen LogP contribution in [0.15, 0.2) is 176 Å². The smallest absolute Gasteiger partial charge is 0.0561 e. The Morgan fingerprint density at radius 1 is 0.604 bits per heavy atom. The van der Waals surface area contributed by atoms with Crippen LogP contribution < -0.4 is 4.90 Å². The molecule has 0 fully saturated rings. The standard InChI is InChI=1S/C46H38N2/c1-5-6-20-42-32(2)39-28-24-34(30-43(39)46(42,3)4)33-22-25-37(26-23-33)47(35-15-9-7-10-16-35)38-27-29-41-40-19-13-14-21-44(40)48(45(41)31-38)36-17-11-8-12-18-36/h5-31H,1H2,2-4H3/b20-6-. The number of hydrogen-bond donors (Lipinski definition) is 0. The molecule has 1 aliphatic carbocycles. The summed E-state index contributed by atoms with van der Waals surface area (Å²) in [4.78, 5) is 2.35. The zero-order valence-corrected chi connectivity index (χ0v) is 27.7. The Balaban J connectivity index is 1.22. The van der Waals surface area contributed by atoms with Crippen molar-refractivity contribution in [1.29, 1.82) is 0 Å².